The number of anilines is 1. The lowest BCUT2D eigenvalue weighted by Crippen LogP contribution is -2.32. The molecule has 0 saturated heterocycles. The monoisotopic (exact) mass is 421 g/mol. The number of carbonyl (C=O) groups excluding carboxylic acids is 2. The van der Waals surface area contributed by atoms with Crippen LogP contribution in [-0.4, -0.2) is 37.1 Å². The van der Waals surface area contributed by atoms with Gasteiger partial charge in [0.05, 0.1) is 23.9 Å². The molecule has 0 aliphatic heterocycles. The van der Waals surface area contributed by atoms with Crippen molar-refractivity contribution in [1.82, 2.24) is 10.3 Å². The van der Waals surface area contributed by atoms with Crippen LogP contribution in [0.4, 0.5) is 13.9 Å². The lowest BCUT2D eigenvalue weighted by Gasteiger charge is -2.11. The number of nitrogens with one attached hydrogen (secondary N) is 2. The third kappa shape index (κ3) is 5.17. The Bertz CT molecular complexity index is 1060. The van der Waals surface area contributed by atoms with Gasteiger partial charge in [-0.3, -0.25) is 9.59 Å². The normalized spacial score (nSPS) is 10.8. The summed E-state index contributed by atoms with van der Waals surface area (Å²) in [6.07, 6.45) is 0. The molecular formula is C19H17F2N3O4S. The highest BCUT2D eigenvalue weighted by molar-refractivity contribution is 7.22. The molecule has 3 aromatic rings. The van der Waals surface area contributed by atoms with Crippen molar-refractivity contribution in [3.8, 4) is 11.5 Å². The summed E-state index contributed by atoms with van der Waals surface area (Å²) in [4.78, 5) is 28.7. The van der Waals surface area contributed by atoms with Crippen molar-refractivity contribution in [2.24, 2.45) is 0 Å². The van der Waals surface area contributed by atoms with Gasteiger partial charge in [0.1, 0.15) is 0 Å². The zero-order chi connectivity index (χ0) is 21.0. The second-order valence-electron chi connectivity index (χ2n) is 5.97. The number of amides is 2. The van der Waals surface area contributed by atoms with E-state index in [0.29, 0.717) is 5.13 Å². The Hall–Kier alpha value is -3.27. The van der Waals surface area contributed by atoms with Gasteiger partial charge in [0.25, 0.3) is 5.91 Å². The van der Waals surface area contributed by atoms with Gasteiger partial charge in [-0.1, -0.05) is 17.4 Å². The number of hydrogen-bond acceptors (Lipinski definition) is 6. The summed E-state index contributed by atoms with van der Waals surface area (Å²) < 4.78 is 34.9. The highest BCUT2D eigenvalue weighted by atomic mass is 32.1. The van der Waals surface area contributed by atoms with E-state index in [1.165, 1.54) is 36.6 Å². The Labute approximate surface area is 168 Å². The summed E-state index contributed by atoms with van der Waals surface area (Å²) in [5, 5.41) is 5.52. The number of aryl methyl sites for hydroxylation is 1. The quantitative estimate of drug-likeness (QED) is 0.609. The van der Waals surface area contributed by atoms with Crippen LogP contribution in [0.3, 0.4) is 0 Å². The minimum Gasteiger partial charge on any atom is -0.493 e. The molecular weight excluding hydrogens is 404 g/mol. The molecule has 2 N–H and O–H groups in total. The van der Waals surface area contributed by atoms with Crippen LogP contribution in [-0.2, 0) is 4.79 Å². The third-order valence-electron chi connectivity index (χ3n) is 3.84. The maximum Gasteiger partial charge on any atom is 0.387 e. The summed E-state index contributed by atoms with van der Waals surface area (Å²) in [5.74, 6) is -1.23. The zero-order valence-electron chi connectivity index (χ0n) is 15.5. The van der Waals surface area contributed by atoms with Crippen LogP contribution in [0.15, 0.2) is 36.4 Å². The maximum atomic E-state index is 12.4. The molecule has 0 fully saturated rings. The van der Waals surface area contributed by atoms with Crippen LogP contribution >= 0.6 is 11.3 Å². The van der Waals surface area contributed by atoms with E-state index in [9.17, 15) is 18.4 Å². The summed E-state index contributed by atoms with van der Waals surface area (Å²) in [5.41, 5.74) is 2.00. The summed E-state index contributed by atoms with van der Waals surface area (Å²) >= 11 is 1.33. The Balaban J connectivity index is 1.59. The molecule has 10 heteroatoms. The number of ether oxygens (including phenoxy) is 2. The van der Waals surface area contributed by atoms with Crippen molar-refractivity contribution < 1.29 is 27.8 Å². The Morgan fingerprint density at radius 2 is 1.97 bits per heavy atom. The molecule has 1 heterocycles. The van der Waals surface area contributed by atoms with Gasteiger partial charge in [-0.15, -0.1) is 0 Å². The Morgan fingerprint density at radius 3 is 2.69 bits per heavy atom. The van der Waals surface area contributed by atoms with E-state index in [-0.39, 0.29) is 23.6 Å². The van der Waals surface area contributed by atoms with Gasteiger partial charge in [-0.25, -0.2) is 4.98 Å². The second-order valence-corrected chi connectivity index (χ2v) is 7.00. The number of methoxy groups -OCH3 is 1. The van der Waals surface area contributed by atoms with Gasteiger partial charge in [-0.05, 0) is 42.8 Å². The zero-order valence-corrected chi connectivity index (χ0v) is 16.3. The van der Waals surface area contributed by atoms with Crippen LogP contribution < -0.4 is 20.1 Å². The molecule has 2 amide bonds. The number of hydrogen-bond donors (Lipinski definition) is 2. The molecule has 0 atom stereocenters. The lowest BCUT2D eigenvalue weighted by molar-refractivity contribution is -0.115. The van der Waals surface area contributed by atoms with Gasteiger partial charge in [0, 0.05) is 5.56 Å². The minimum atomic E-state index is -3.02. The molecule has 0 bridgehead atoms. The summed E-state index contributed by atoms with van der Waals surface area (Å²) in [6.45, 7) is -1.34. The van der Waals surface area contributed by atoms with Gasteiger partial charge in [-0.2, -0.15) is 8.78 Å². The molecule has 29 heavy (non-hydrogen) atoms. The predicted octanol–water partition coefficient (Wildman–Crippen LogP) is 3.58. The van der Waals surface area contributed by atoms with Gasteiger partial charge >= 0.3 is 6.61 Å². The number of thiazole rings is 1. The molecule has 0 radical (unpaired) electrons. The first kappa shape index (κ1) is 20.5. The van der Waals surface area contributed by atoms with Crippen LogP contribution in [0.1, 0.15) is 15.9 Å². The van der Waals surface area contributed by atoms with Crippen LogP contribution in [0.2, 0.25) is 0 Å². The molecule has 152 valence electrons. The highest BCUT2D eigenvalue weighted by Gasteiger charge is 2.15. The SMILES string of the molecule is COc1cc(C(=O)NCC(=O)Nc2nc3ccc(C)cc3s2)ccc1OC(F)F. The largest absolute Gasteiger partial charge is 0.493 e. The van der Waals surface area contributed by atoms with Crippen molar-refractivity contribution in [1.29, 1.82) is 0 Å². The van der Waals surface area contributed by atoms with Gasteiger partial charge < -0.3 is 20.1 Å². The van der Waals surface area contributed by atoms with E-state index in [1.54, 1.807) is 0 Å². The van der Waals surface area contributed by atoms with E-state index in [0.717, 1.165) is 15.8 Å². The fourth-order valence-corrected chi connectivity index (χ4v) is 3.49. The molecule has 2 aromatic carbocycles. The molecule has 1 aromatic heterocycles. The minimum absolute atomic E-state index is 0.0211. The number of benzene rings is 2. The van der Waals surface area contributed by atoms with Crippen LogP contribution in [0, 0.1) is 6.92 Å². The van der Waals surface area contributed by atoms with E-state index in [1.807, 2.05) is 25.1 Å². The number of halogens is 2. The number of nitrogens with zero attached hydrogens (tertiary/aromatic N) is 1. The molecule has 3 rings (SSSR count). The topological polar surface area (TPSA) is 89.5 Å². The van der Waals surface area contributed by atoms with Gasteiger partial charge in [0.2, 0.25) is 5.91 Å². The van der Waals surface area contributed by atoms with Crippen molar-refractivity contribution >= 4 is 38.5 Å². The maximum absolute atomic E-state index is 12.4. The predicted molar refractivity (Wildman–Crippen MR) is 105 cm³/mol. The van der Waals surface area contributed by atoms with E-state index in [4.69, 9.17) is 4.74 Å². The Morgan fingerprint density at radius 1 is 1.17 bits per heavy atom. The van der Waals surface area contributed by atoms with Crippen LogP contribution in [0.5, 0.6) is 11.5 Å². The third-order valence-corrected chi connectivity index (χ3v) is 4.78. The molecule has 7 nitrogen and oxygen atoms in total. The fourth-order valence-electron chi connectivity index (χ4n) is 2.51. The molecule has 0 aliphatic carbocycles. The average molecular weight is 421 g/mol. The summed E-state index contributed by atoms with van der Waals surface area (Å²) in [6, 6.07) is 9.51. The van der Waals surface area contributed by atoms with E-state index in [2.05, 4.69) is 20.4 Å². The molecule has 0 spiro atoms. The smallest absolute Gasteiger partial charge is 0.387 e. The first-order chi connectivity index (χ1) is 13.9. The first-order valence-electron chi connectivity index (χ1n) is 8.44. The Kier molecular flexibility index (Phi) is 6.23. The molecule has 0 saturated carbocycles. The highest BCUT2D eigenvalue weighted by Crippen LogP contribution is 2.29. The summed E-state index contributed by atoms with van der Waals surface area (Å²) in [7, 11) is 1.27. The number of rotatable bonds is 7. The van der Waals surface area contributed by atoms with Crippen molar-refractivity contribution in [2.75, 3.05) is 19.0 Å². The number of alkyl halides is 2. The van der Waals surface area contributed by atoms with Crippen LogP contribution in [0.25, 0.3) is 10.2 Å². The van der Waals surface area contributed by atoms with Crippen molar-refractivity contribution in [3.63, 3.8) is 0 Å². The average Bonchev–Trinajstić information content (AvgIpc) is 3.07. The van der Waals surface area contributed by atoms with E-state index < -0.39 is 18.4 Å². The standard InChI is InChI=1S/C19H17F2N3O4S/c1-10-3-5-12-15(7-10)29-19(23-12)24-16(25)9-22-17(26)11-4-6-13(28-18(20)21)14(8-11)27-2/h3-8,18H,9H2,1-2H3,(H,22,26)(H,23,24,25). The second kappa shape index (κ2) is 8.82. The van der Waals surface area contributed by atoms with Crippen molar-refractivity contribution in [3.05, 3.63) is 47.5 Å². The van der Waals surface area contributed by atoms with Gasteiger partial charge in [0.15, 0.2) is 16.6 Å². The van der Waals surface area contributed by atoms with Crippen molar-refractivity contribution in [2.45, 2.75) is 13.5 Å². The number of fused-ring (bicyclic) bond motifs is 1. The number of aromatic nitrogens is 1. The lowest BCUT2D eigenvalue weighted by atomic mass is 10.2. The number of carbonyl (C=O) groups is 2. The first-order valence-corrected chi connectivity index (χ1v) is 9.25. The molecule has 0 unspecified atom stereocenters. The fraction of sp³-hybridized carbons (Fsp3) is 0.211. The van der Waals surface area contributed by atoms with E-state index >= 15 is 0 Å². The molecule has 0 aliphatic rings.